The average molecular weight is 604 g/mol. The summed E-state index contributed by atoms with van der Waals surface area (Å²) < 4.78 is 0. The molecule has 2 atom stereocenters. The molecule has 0 fully saturated rings. The maximum absolute atomic E-state index is 12.3. The van der Waals surface area contributed by atoms with Crippen molar-refractivity contribution in [2.45, 2.75) is 199 Å². The summed E-state index contributed by atoms with van der Waals surface area (Å²) >= 11 is 0. The van der Waals surface area contributed by atoms with Gasteiger partial charge in [-0.25, -0.2) is 0 Å². The van der Waals surface area contributed by atoms with Crippen molar-refractivity contribution in [3.63, 3.8) is 0 Å². The SMILES string of the molecule is CCCCC/C=C\C/C=C\CCCCCCCCCCCC(=O)NC(CO)C(O)/C=C/CCCCCCCCCCCC. The monoisotopic (exact) mass is 604 g/mol. The van der Waals surface area contributed by atoms with Crippen molar-refractivity contribution in [3.8, 4) is 0 Å². The van der Waals surface area contributed by atoms with Crippen LogP contribution in [-0.4, -0.2) is 34.9 Å². The molecule has 0 rings (SSSR count). The third-order valence-corrected chi connectivity index (χ3v) is 8.37. The molecule has 0 aliphatic heterocycles. The van der Waals surface area contributed by atoms with E-state index in [4.69, 9.17) is 0 Å². The van der Waals surface area contributed by atoms with E-state index in [1.165, 1.54) is 135 Å². The Morgan fingerprint density at radius 1 is 0.558 bits per heavy atom. The van der Waals surface area contributed by atoms with Crippen LogP contribution in [0.3, 0.4) is 0 Å². The second kappa shape index (κ2) is 35.1. The predicted molar refractivity (Wildman–Crippen MR) is 188 cm³/mol. The first-order valence-electron chi connectivity index (χ1n) is 18.7. The van der Waals surface area contributed by atoms with E-state index in [9.17, 15) is 15.0 Å². The molecule has 1 amide bonds. The van der Waals surface area contributed by atoms with Gasteiger partial charge in [0.2, 0.25) is 5.91 Å². The van der Waals surface area contributed by atoms with Crippen molar-refractivity contribution in [2.24, 2.45) is 0 Å². The molecular weight excluding hydrogens is 530 g/mol. The molecule has 0 aromatic rings. The van der Waals surface area contributed by atoms with Gasteiger partial charge in [-0.3, -0.25) is 4.79 Å². The molecule has 0 aliphatic carbocycles. The summed E-state index contributed by atoms with van der Waals surface area (Å²) in [6.45, 7) is 4.26. The first-order chi connectivity index (χ1) is 21.2. The lowest BCUT2D eigenvalue weighted by Gasteiger charge is -2.20. The average Bonchev–Trinajstić information content (AvgIpc) is 3.01. The van der Waals surface area contributed by atoms with Gasteiger partial charge in [0.25, 0.3) is 0 Å². The molecule has 252 valence electrons. The van der Waals surface area contributed by atoms with Gasteiger partial charge in [0, 0.05) is 6.42 Å². The number of hydrogen-bond donors (Lipinski definition) is 3. The normalized spacial score (nSPS) is 13.5. The number of carbonyl (C=O) groups excluding carboxylic acids is 1. The summed E-state index contributed by atoms with van der Waals surface area (Å²) in [4.78, 5) is 12.3. The third kappa shape index (κ3) is 31.8. The van der Waals surface area contributed by atoms with E-state index in [0.717, 1.165) is 32.1 Å². The summed E-state index contributed by atoms with van der Waals surface area (Å²) in [5, 5.41) is 22.9. The Kier molecular flexibility index (Phi) is 34.0. The Hall–Kier alpha value is -1.39. The van der Waals surface area contributed by atoms with Crippen LogP contribution in [0.5, 0.6) is 0 Å². The van der Waals surface area contributed by atoms with Gasteiger partial charge < -0.3 is 15.5 Å². The fourth-order valence-corrected chi connectivity index (χ4v) is 5.44. The molecule has 0 heterocycles. The number of nitrogens with one attached hydrogen (secondary N) is 1. The summed E-state index contributed by atoms with van der Waals surface area (Å²) in [5.41, 5.74) is 0. The lowest BCUT2D eigenvalue weighted by molar-refractivity contribution is -0.123. The second-order valence-corrected chi connectivity index (χ2v) is 12.6. The molecule has 43 heavy (non-hydrogen) atoms. The minimum Gasteiger partial charge on any atom is -0.394 e. The van der Waals surface area contributed by atoms with E-state index in [0.29, 0.717) is 6.42 Å². The number of hydrogen-bond acceptors (Lipinski definition) is 3. The van der Waals surface area contributed by atoms with Crippen molar-refractivity contribution in [3.05, 3.63) is 36.5 Å². The molecule has 2 unspecified atom stereocenters. The molecule has 0 spiro atoms. The van der Waals surface area contributed by atoms with Crippen LogP contribution in [0.15, 0.2) is 36.5 Å². The van der Waals surface area contributed by atoms with E-state index in [1.807, 2.05) is 6.08 Å². The molecule has 0 radical (unpaired) electrons. The molecule has 4 heteroatoms. The van der Waals surface area contributed by atoms with Gasteiger partial charge >= 0.3 is 0 Å². The van der Waals surface area contributed by atoms with Crippen LogP contribution in [0.25, 0.3) is 0 Å². The van der Waals surface area contributed by atoms with Gasteiger partial charge in [0.05, 0.1) is 18.8 Å². The Balaban J connectivity index is 3.61. The van der Waals surface area contributed by atoms with E-state index in [-0.39, 0.29) is 12.5 Å². The number of allylic oxidation sites excluding steroid dienone is 5. The maximum atomic E-state index is 12.3. The fraction of sp³-hybridized carbons (Fsp3) is 0.821. The number of amides is 1. The second-order valence-electron chi connectivity index (χ2n) is 12.6. The van der Waals surface area contributed by atoms with E-state index in [1.54, 1.807) is 6.08 Å². The Morgan fingerprint density at radius 2 is 0.953 bits per heavy atom. The highest BCUT2D eigenvalue weighted by molar-refractivity contribution is 5.76. The quantitative estimate of drug-likeness (QED) is 0.0516. The molecule has 0 saturated heterocycles. The summed E-state index contributed by atoms with van der Waals surface area (Å²) in [6, 6.07) is -0.621. The third-order valence-electron chi connectivity index (χ3n) is 8.37. The minimum atomic E-state index is -0.838. The molecule has 3 N–H and O–H groups in total. The van der Waals surface area contributed by atoms with Gasteiger partial charge in [-0.15, -0.1) is 0 Å². The zero-order chi connectivity index (χ0) is 31.5. The smallest absolute Gasteiger partial charge is 0.220 e. The lowest BCUT2D eigenvalue weighted by Crippen LogP contribution is -2.45. The van der Waals surface area contributed by atoms with Gasteiger partial charge in [-0.05, 0) is 51.4 Å². The van der Waals surface area contributed by atoms with Crippen LogP contribution in [0.2, 0.25) is 0 Å². The summed E-state index contributed by atoms with van der Waals surface area (Å²) in [6.07, 6.45) is 45.1. The van der Waals surface area contributed by atoms with Crippen LogP contribution in [-0.2, 0) is 4.79 Å². The lowest BCUT2D eigenvalue weighted by atomic mass is 10.0. The van der Waals surface area contributed by atoms with Crippen LogP contribution in [0.1, 0.15) is 187 Å². The Labute approximate surface area is 268 Å². The van der Waals surface area contributed by atoms with Crippen molar-refractivity contribution >= 4 is 5.91 Å². The predicted octanol–water partition coefficient (Wildman–Crippen LogP) is 11.1. The van der Waals surface area contributed by atoms with Gasteiger partial charge in [0.1, 0.15) is 0 Å². The maximum Gasteiger partial charge on any atom is 0.220 e. The van der Waals surface area contributed by atoms with Crippen LogP contribution in [0, 0.1) is 0 Å². The number of aliphatic hydroxyl groups excluding tert-OH is 2. The Morgan fingerprint density at radius 3 is 1.44 bits per heavy atom. The first-order valence-corrected chi connectivity index (χ1v) is 18.7. The van der Waals surface area contributed by atoms with Gasteiger partial charge in [0.15, 0.2) is 0 Å². The standard InChI is InChI=1S/C39H73NO3/c1-3-5-7-9-11-13-15-17-18-19-20-21-22-23-25-27-29-31-33-35-39(43)40-37(36-41)38(42)34-32-30-28-26-24-16-14-12-10-8-6-4-2/h11,13,17-18,32,34,37-38,41-42H,3-10,12,14-16,19-31,33,35-36H2,1-2H3,(H,40,43)/b13-11-,18-17-,34-32+. The van der Waals surface area contributed by atoms with Crippen molar-refractivity contribution in [1.82, 2.24) is 5.32 Å². The zero-order valence-electron chi connectivity index (χ0n) is 28.7. The molecule has 0 saturated carbocycles. The van der Waals surface area contributed by atoms with E-state index >= 15 is 0 Å². The number of rotatable bonds is 33. The summed E-state index contributed by atoms with van der Waals surface area (Å²) in [7, 11) is 0. The largest absolute Gasteiger partial charge is 0.394 e. The highest BCUT2D eigenvalue weighted by atomic mass is 16.3. The molecule has 0 aliphatic rings. The highest BCUT2D eigenvalue weighted by Crippen LogP contribution is 2.13. The van der Waals surface area contributed by atoms with E-state index in [2.05, 4.69) is 43.5 Å². The molecular formula is C39H73NO3. The molecule has 0 aromatic carbocycles. The van der Waals surface area contributed by atoms with Crippen molar-refractivity contribution < 1.29 is 15.0 Å². The van der Waals surface area contributed by atoms with Crippen LogP contribution < -0.4 is 5.32 Å². The van der Waals surface area contributed by atoms with Crippen molar-refractivity contribution in [1.29, 1.82) is 0 Å². The molecule has 4 nitrogen and oxygen atoms in total. The number of unbranched alkanes of at least 4 members (excludes halogenated alkanes) is 22. The minimum absolute atomic E-state index is 0.0711. The zero-order valence-corrected chi connectivity index (χ0v) is 28.7. The fourth-order valence-electron chi connectivity index (χ4n) is 5.44. The topological polar surface area (TPSA) is 69.6 Å². The van der Waals surface area contributed by atoms with Crippen molar-refractivity contribution in [2.75, 3.05) is 6.61 Å². The summed E-state index contributed by atoms with van der Waals surface area (Å²) in [5.74, 6) is -0.0711. The Bertz CT molecular complexity index is 657. The van der Waals surface area contributed by atoms with Crippen LogP contribution in [0.4, 0.5) is 0 Å². The van der Waals surface area contributed by atoms with Gasteiger partial charge in [-0.2, -0.15) is 0 Å². The number of carbonyl (C=O) groups is 1. The highest BCUT2D eigenvalue weighted by Gasteiger charge is 2.17. The number of aliphatic hydroxyl groups is 2. The molecule has 0 aromatic heterocycles. The van der Waals surface area contributed by atoms with Gasteiger partial charge in [-0.1, -0.05) is 166 Å². The van der Waals surface area contributed by atoms with Crippen LogP contribution >= 0.6 is 0 Å². The van der Waals surface area contributed by atoms with E-state index < -0.39 is 12.1 Å². The molecule has 0 bridgehead atoms. The first kappa shape index (κ1) is 41.6.